The molecule has 1 heteroatoms. The van der Waals surface area contributed by atoms with E-state index >= 15 is 0 Å². The van der Waals surface area contributed by atoms with Crippen LogP contribution in [0.3, 0.4) is 0 Å². The Hall–Kier alpha value is -0.460. The van der Waals surface area contributed by atoms with Crippen molar-refractivity contribution in [2.24, 2.45) is 0 Å². The third kappa shape index (κ3) is 4.07. The summed E-state index contributed by atoms with van der Waals surface area (Å²) in [5.41, 5.74) is -0.0174. The van der Waals surface area contributed by atoms with E-state index < -0.39 is 0 Å². The first kappa shape index (κ1) is 8.54. The maximum Gasteiger partial charge on any atom is 0.103 e. The smallest absolute Gasteiger partial charge is 0.103 e. The van der Waals surface area contributed by atoms with Gasteiger partial charge in [0.2, 0.25) is 0 Å². The minimum Gasteiger partial charge on any atom is -0.496 e. The molecule has 0 heterocycles. The van der Waals surface area contributed by atoms with E-state index in [0.29, 0.717) is 0 Å². The van der Waals surface area contributed by atoms with Crippen LogP contribution in [0.15, 0.2) is 12.8 Å². The van der Waals surface area contributed by atoms with Gasteiger partial charge < -0.3 is 4.74 Å². The first-order chi connectivity index (χ1) is 4.12. The molecule has 0 aliphatic carbocycles. The molecule has 0 spiro atoms. The third-order valence-electron chi connectivity index (χ3n) is 1.25. The van der Waals surface area contributed by atoms with E-state index in [2.05, 4.69) is 27.4 Å². The van der Waals surface area contributed by atoms with E-state index in [0.717, 1.165) is 12.8 Å². The quantitative estimate of drug-likeness (QED) is 0.529. The van der Waals surface area contributed by atoms with Gasteiger partial charge >= 0.3 is 0 Å². The predicted octanol–water partition coefficient (Wildman–Crippen LogP) is 2.73. The van der Waals surface area contributed by atoms with Gasteiger partial charge in [-0.05, 0) is 20.3 Å². The molecule has 0 atom stereocenters. The largest absolute Gasteiger partial charge is 0.496 e. The molecule has 54 valence electrons. The number of hydrogen-bond donors (Lipinski definition) is 0. The SMILES string of the molecule is C=COC(C)(C)CCC. The van der Waals surface area contributed by atoms with Gasteiger partial charge in [0.05, 0.1) is 6.26 Å². The van der Waals surface area contributed by atoms with Crippen molar-refractivity contribution in [3.63, 3.8) is 0 Å². The lowest BCUT2D eigenvalue weighted by atomic mass is 10.0. The van der Waals surface area contributed by atoms with Crippen molar-refractivity contribution in [3.05, 3.63) is 12.8 Å². The van der Waals surface area contributed by atoms with Crippen molar-refractivity contribution < 1.29 is 4.74 Å². The van der Waals surface area contributed by atoms with Crippen LogP contribution in [0.5, 0.6) is 0 Å². The highest BCUT2D eigenvalue weighted by molar-refractivity contribution is 4.70. The minimum atomic E-state index is -0.0174. The molecule has 0 aliphatic heterocycles. The summed E-state index contributed by atoms with van der Waals surface area (Å²) in [7, 11) is 0. The lowest BCUT2D eigenvalue weighted by Gasteiger charge is -2.22. The number of ether oxygens (including phenoxy) is 1. The van der Waals surface area contributed by atoms with Crippen molar-refractivity contribution in [3.8, 4) is 0 Å². The van der Waals surface area contributed by atoms with E-state index in [1.807, 2.05) is 0 Å². The molecular formula is C8H16O. The Morgan fingerprint density at radius 3 is 2.44 bits per heavy atom. The van der Waals surface area contributed by atoms with E-state index in [9.17, 15) is 0 Å². The molecule has 0 rings (SSSR count). The fraction of sp³-hybridized carbons (Fsp3) is 0.750. The molecule has 9 heavy (non-hydrogen) atoms. The normalized spacial score (nSPS) is 11.0. The third-order valence-corrected chi connectivity index (χ3v) is 1.25. The van der Waals surface area contributed by atoms with Crippen LogP contribution < -0.4 is 0 Å². The molecule has 0 fully saturated rings. The molecule has 0 aliphatic rings. The lowest BCUT2D eigenvalue weighted by molar-refractivity contribution is 0.0495. The Morgan fingerprint density at radius 2 is 2.11 bits per heavy atom. The maximum absolute atomic E-state index is 5.23. The van der Waals surface area contributed by atoms with Gasteiger partial charge in [-0.15, -0.1) is 0 Å². The monoisotopic (exact) mass is 128 g/mol. The molecule has 0 aromatic rings. The van der Waals surface area contributed by atoms with Gasteiger partial charge in [-0.25, -0.2) is 0 Å². The Kier molecular flexibility index (Phi) is 3.36. The summed E-state index contributed by atoms with van der Waals surface area (Å²) in [5.74, 6) is 0. The van der Waals surface area contributed by atoms with Crippen LogP contribution in [0.2, 0.25) is 0 Å². The summed E-state index contributed by atoms with van der Waals surface area (Å²) in [6.45, 7) is 9.79. The molecular weight excluding hydrogens is 112 g/mol. The van der Waals surface area contributed by atoms with Gasteiger partial charge in [0, 0.05) is 0 Å². The van der Waals surface area contributed by atoms with E-state index in [1.165, 1.54) is 6.26 Å². The Morgan fingerprint density at radius 1 is 1.56 bits per heavy atom. The second-order valence-corrected chi connectivity index (χ2v) is 2.79. The van der Waals surface area contributed by atoms with Crippen LogP contribution in [0.1, 0.15) is 33.6 Å². The predicted molar refractivity (Wildman–Crippen MR) is 40.3 cm³/mol. The highest BCUT2D eigenvalue weighted by atomic mass is 16.5. The van der Waals surface area contributed by atoms with Gasteiger partial charge in [0.25, 0.3) is 0 Å². The first-order valence-electron chi connectivity index (χ1n) is 3.41. The topological polar surface area (TPSA) is 9.23 Å². The van der Waals surface area contributed by atoms with E-state index in [4.69, 9.17) is 4.74 Å². The van der Waals surface area contributed by atoms with Crippen molar-refractivity contribution in [1.29, 1.82) is 0 Å². The van der Waals surface area contributed by atoms with Gasteiger partial charge in [-0.2, -0.15) is 0 Å². The lowest BCUT2D eigenvalue weighted by Crippen LogP contribution is -2.20. The molecule has 0 N–H and O–H groups in total. The standard InChI is InChI=1S/C8H16O/c1-5-7-8(3,4)9-6-2/h6H,2,5,7H2,1,3-4H3. The van der Waals surface area contributed by atoms with Crippen molar-refractivity contribution in [1.82, 2.24) is 0 Å². The highest BCUT2D eigenvalue weighted by Crippen LogP contribution is 2.15. The summed E-state index contributed by atoms with van der Waals surface area (Å²) in [6, 6.07) is 0. The Balaban J connectivity index is 3.55. The van der Waals surface area contributed by atoms with Crippen LogP contribution in [0.25, 0.3) is 0 Å². The van der Waals surface area contributed by atoms with Crippen molar-refractivity contribution in [2.75, 3.05) is 0 Å². The molecule has 0 radical (unpaired) electrons. The average molecular weight is 128 g/mol. The molecule has 0 bridgehead atoms. The van der Waals surface area contributed by atoms with Crippen LogP contribution in [0, 0.1) is 0 Å². The zero-order chi connectivity index (χ0) is 7.33. The van der Waals surface area contributed by atoms with Gasteiger partial charge in [0.1, 0.15) is 5.60 Å². The van der Waals surface area contributed by atoms with Gasteiger partial charge in [-0.3, -0.25) is 0 Å². The number of hydrogen-bond acceptors (Lipinski definition) is 1. The zero-order valence-corrected chi connectivity index (χ0v) is 6.61. The van der Waals surface area contributed by atoms with Gasteiger partial charge in [0.15, 0.2) is 0 Å². The first-order valence-corrected chi connectivity index (χ1v) is 3.41. The van der Waals surface area contributed by atoms with Crippen molar-refractivity contribution in [2.45, 2.75) is 39.2 Å². The minimum absolute atomic E-state index is 0.0174. The Labute approximate surface area is 57.7 Å². The maximum atomic E-state index is 5.23. The molecule has 0 saturated heterocycles. The number of rotatable bonds is 4. The second kappa shape index (κ2) is 3.54. The summed E-state index contributed by atoms with van der Waals surface area (Å²) in [6.07, 6.45) is 3.75. The highest BCUT2D eigenvalue weighted by Gasteiger charge is 2.14. The van der Waals surface area contributed by atoms with Crippen LogP contribution in [0.4, 0.5) is 0 Å². The molecule has 1 nitrogen and oxygen atoms in total. The summed E-state index contributed by atoms with van der Waals surface area (Å²) in [4.78, 5) is 0. The summed E-state index contributed by atoms with van der Waals surface area (Å²) < 4.78 is 5.23. The molecule has 0 saturated carbocycles. The van der Waals surface area contributed by atoms with Crippen LogP contribution in [-0.4, -0.2) is 5.60 Å². The molecule has 0 amide bonds. The van der Waals surface area contributed by atoms with E-state index in [-0.39, 0.29) is 5.60 Å². The van der Waals surface area contributed by atoms with Crippen LogP contribution >= 0.6 is 0 Å². The van der Waals surface area contributed by atoms with Crippen molar-refractivity contribution >= 4 is 0 Å². The molecule has 0 unspecified atom stereocenters. The zero-order valence-electron chi connectivity index (χ0n) is 6.61. The average Bonchev–Trinajstić information content (AvgIpc) is 1.64. The molecule has 0 aromatic heterocycles. The summed E-state index contributed by atoms with van der Waals surface area (Å²) in [5, 5.41) is 0. The second-order valence-electron chi connectivity index (χ2n) is 2.79. The van der Waals surface area contributed by atoms with Gasteiger partial charge in [-0.1, -0.05) is 19.9 Å². The summed E-state index contributed by atoms with van der Waals surface area (Å²) >= 11 is 0. The van der Waals surface area contributed by atoms with Crippen LogP contribution in [-0.2, 0) is 4.74 Å². The molecule has 0 aromatic carbocycles. The Bertz CT molecular complexity index is 84.6. The van der Waals surface area contributed by atoms with E-state index in [1.54, 1.807) is 0 Å². The fourth-order valence-corrected chi connectivity index (χ4v) is 0.887. The fourth-order valence-electron chi connectivity index (χ4n) is 0.887.